The zero-order chi connectivity index (χ0) is 9.97. The lowest BCUT2D eigenvalue weighted by atomic mass is 10.6. The summed E-state index contributed by atoms with van der Waals surface area (Å²) >= 11 is 1.52. The van der Waals surface area contributed by atoms with E-state index in [0.29, 0.717) is 5.82 Å². The molecule has 0 saturated heterocycles. The Hall–Kier alpha value is -1.56. The molecule has 2 aromatic rings. The summed E-state index contributed by atoms with van der Waals surface area (Å²) in [5.74, 6) is 0.953. The molecule has 2 rings (SSSR count). The summed E-state index contributed by atoms with van der Waals surface area (Å²) in [6.45, 7) is 0. The van der Waals surface area contributed by atoms with E-state index in [1.807, 2.05) is 24.6 Å². The van der Waals surface area contributed by atoms with Gasteiger partial charge in [0.15, 0.2) is 5.82 Å². The van der Waals surface area contributed by atoms with Crippen molar-refractivity contribution in [3.8, 4) is 5.82 Å². The molecule has 0 spiro atoms. The maximum atomic E-state index is 5.56. The Labute approximate surface area is 85.4 Å². The summed E-state index contributed by atoms with van der Waals surface area (Å²) in [7, 11) is 0. The molecule has 0 fully saturated rings. The molecule has 2 heterocycles. The van der Waals surface area contributed by atoms with Crippen LogP contribution in [0, 0.1) is 0 Å². The highest BCUT2D eigenvalue weighted by Crippen LogP contribution is 2.15. The van der Waals surface area contributed by atoms with Gasteiger partial charge in [-0.15, -0.1) is 11.8 Å². The van der Waals surface area contributed by atoms with Crippen LogP contribution >= 0.6 is 11.8 Å². The van der Waals surface area contributed by atoms with Crippen molar-refractivity contribution in [1.29, 1.82) is 0 Å². The summed E-state index contributed by atoms with van der Waals surface area (Å²) < 4.78 is 1.65. The predicted molar refractivity (Wildman–Crippen MR) is 55.3 cm³/mol. The van der Waals surface area contributed by atoms with Gasteiger partial charge in [0.1, 0.15) is 5.03 Å². The topological polar surface area (TPSA) is 69.6 Å². The van der Waals surface area contributed by atoms with Gasteiger partial charge in [-0.25, -0.2) is 9.67 Å². The van der Waals surface area contributed by atoms with Gasteiger partial charge in [0.2, 0.25) is 5.95 Å². The normalized spacial score (nSPS) is 10.4. The molecule has 0 bridgehead atoms. The first-order chi connectivity index (χ1) is 6.79. The summed E-state index contributed by atoms with van der Waals surface area (Å²) in [5.41, 5.74) is 5.56. The van der Waals surface area contributed by atoms with E-state index in [9.17, 15) is 0 Å². The van der Waals surface area contributed by atoms with Crippen molar-refractivity contribution in [2.75, 3.05) is 12.0 Å². The minimum absolute atomic E-state index is 0.266. The quantitative estimate of drug-likeness (QED) is 0.587. The van der Waals surface area contributed by atoms with Crippen LogP contribution in [-0.2, 0) is 0 Å². The fourth-order valence-electron chi connectivity index (χ4n) is 1.06. The van der Waals surface area contributed by atoms with Gasteiger partial charge < -0.3 is 5.73 Å². The van der Waals surface area contributed by atoms with E-state index in [4.69, 9.17) is 5.73 Å². The molecule has 0 unspecified atom stereocenters. The Balaban J connectivity index is 2.48. The Kier molecular flexibility index (Phi) is 2.36. The monoisotopic (exact) mass is 207 g/mol. The van der Waals surface area contributed by atoms with Crippen molar-refractivity contribution in [1.82, 2.24) is 19.7 Å². The molecule has 6 heteroatoms. The molecule has 2 N–H and O–H groups in total. The first-order valence-corrected chi connectivity index (χ1v) is 5.20. The fourth-order valence-corrected chi connectivity index (χ4v) is 1.46. The molecule has 0 aliphatic rings. The smallest absolute Gasteiger partial charge is 0.223 e. The summed E-state index contributed by atoms with van der Waals surface area (Å²) in [4.78, 5) is 8.13. The maximum Gasteiger partial charge on any atom is 0.223 e. The van der Waals surface area contributed by atoms with Crippen LogP contribution in [0.25, 0.3) is 5.82 Å². The van der Waals surface area contributed by atoms with Crippen molar-refractivity contribution >= 4 is 17.7 Å². The molecule has 0 aromatic carbocycles. The summed E-state index contributed by atoms with van der Waals surface area (Å²) in [6, 6.07) is 3.67. The van der Waals surface area contributed by atoms with E-state index in [-0.39, 0.29) is 5.95 Å². The first-order valence-electron chi connectivity index (χ1n) is 3.98. The van der Waals surface area contributed by atoms with Crippen molar-refractivity contribution in [2.24, 2.45) is 0 Å². The van der Waals surface area contributed by atoms with Crippen molar-refractivity contribution in [2.45, 2.75) is 5.03 Å². The van der Waals surface area contributed by atoms with Crippen LogP contribution in [-0.4, -0.2) is 26.0 Å². The summed E-state index contributed by atoms with van der Waals surface area (Å²) in [5, 5.41) is 4.90. The van der Waals surface area contributed by atoms with Gasteiger partial charge in [-0.1, -0.05) is 0 Å². The SMILES string of the molecule is CSc1cc(-n2cccn2)nc(N)n1. The van der Waals surface area contributed by atoms with E-state index in [2.05, 4.69) is 15.1 Å². The van der Waals surface area contributed by atoms with Crippen LogP contribution in [0.1, 0.15) is 0 Å². The van der Waals surface area contributed by atoms with Crippen LogP contribution in [0.4, 0.5) is 5.95 Å². The zero-order valence-corrected chi connectivity index (χ0v) is 8.40. The minimum atomic E-state index is 0.266. The van der Waals surface area contributed by atoms with Crippen LogP contribution in [0.15, 0.2) is 29.6 Å². The van der Waals surface area contributed by atoms with Gasteiger partial charge in [0, 0.05) is 18.5 Å². The van der Waals surface area contributed by atoms with E-state index in [1.165, 1.54) is 11.8 Å². The van der Waals surface area contributed by atoms with Crippen LogP contribution < -0.4 is 5.73 Å². The Morgan fingerprint density at radius 1 is 1.43 bits per heavy atom. The number of hydrogen-bond donors (Lipinski definition) is 1. The highest BCUT2D eigenvalue weighted by atomic mass is 32.2. The van der Waals surface area contributed by atoms with Crippen molar-refractivity contribution in [3.05, 3.63) is 24.5 Å². The number of nitrogens with zero attached hydrogens (tertiary/aromatic N) is 4. The van der Waals surface area contributed by atoms with Gasteiger partial charge in [-0.3, -0.25) is 0 Å². The van der Waals surface area contributed by atoms with Gasteiger partial charge in [0.05, 0.1) is 0 Å². The lowest BCUT2D eigenvalue weighted by molar-refractivity contribution is 0.831. The van der Waals surface area contributed by atoms with Crippen LogP contribution in [0.3, 0.4) is 0 Å². The molecular weight excluding hydrogens is 198 g/mol. The third-order valence-electron chi connectivity index (χ3n) is 1.65. The molecule has 72 valence electrons. The average Bonchev–Trinajstić information content (AvgIpc) is 2.69. The van der Waals surface area contributed by atoms with E-state index in [0.717, 1.165) is 5.03 Å². The molecule has 0 atom stereocenters. The second-order valence-corrected chi connectivity index (χ2v) is 3.40. The molecule has 0 aliphatic carbocycles. The third kappa shape index (κ3) is 1.69. The largest absolute Gasteiger partial charge is 0.368 e. The van der Waals surface area contributed by atoms with Gasteiger partial charge in [0.25, 0.3) is 0 Å². The van der Waals surface area contributed by atoms with Crippen molar-refractivity contribution in [3.63, 3.8) is 0 Å². The Morgan fingerprint density at radius 2 is 2.29 bits per heavy atom. The number of rotatable bonds is 2. The van der Waals surface area contributed by atoms with E-state index >= 15 is 0 Å². The lowest BCUT2D eigenvalue weighted by Gasteiger charge is -2.03. The van der Waals surface area contributed by atoms with Gasteiger partial charge in [-0.2, -0.15) is 10.1 Å². The number of thioether (sulfide) groups is 1. The number of nitrogen functional groups attached to an aromatic ring is 1. The lowest BCUT2D eigenvalue weighted by Crippen LogP contribution is -2.03. The summed E-state index contributed by atoms with van der Waals surface area (Å²) in [6.07, 6.45) is 5.44. The highest BCUT2D eigenvalue weighted by Gasteiger charge is 2.02. The number of hydrogen-bond acceptors (Lipinski definition) is 5. The average molecular weight is 207 g/mol. The minimum Gasteiger partial charge on any atom is -0.368 e. The predicted octanol–water partition coefficient (Wildman–Crippen LogP) is 0.966. The Bertz CT molecular complexity index is 425. The third-order valence-corrected chi connectivity index (χ3v) is 2.28. The second kappa shape index (κ2) is 3.67. The molecule has 14 heavy (non-hydrogen) atoms. The molecule has 5 nitrogen and oxygen atoms in total. The number of nitrogens with two attached hydrogens (primary N) is 1. The molecular formula is C8H9N5S. The molecule has 0 saturated carbocycles. The van der Waals surface area contributed by atoms with Gasteiger partial charge in [-0.05, 0) is 12.3 Å². The number of anilines is 1. The fraction of sp³-hybridized carbons (Fsp3) is 0.125. The van der Waals surface area contributed by atoms with Crippen LogP contribution in [0.5, 0.6) is 0 Å². The van der Waals surface area contributed by atoms with E-state index in [1.54, 1.807) is 10.9 Å². The molecule has 0 amide bonds. The molecule has 0 radical (unpaired) electrons. The second-order valence-electron chi connectivity index (χ2n) is 2.58. The maximum absolute atomic E-state index is 5.56. The Morgan fingerprint density at radius 3 is 2.93 bits per heavy atom. The molecule has 2 aromatic heterocycles. The highest BCUT2D eigenvalue weighted by molar-refractivity contribution is 7.98. The van der Waals surface area contributed by atoms with Crippen LogP contribution in [0.2, 0.25) is 0 Å². The van der Waals surface area contributed by atoms with Crippen molar-refractivity contribution < 1.29 is 0 Å². The van der Waals surface area contributed by atoms with Gasteiger partial charge >= 0.3 is 0 Å². The first kappa shape index (κ1) is 9.01. The molecule has 0 aliphatic heterocycles. The zero-order valence-electron chi connectivity index (χ0n) is 7.58. The standard InChI is InChI=1S/C8H9N5S/c1-14-7-5-6(11-8(9)12-7)13-4-2-3-10-13/h2-5H,1H3,(H2,9,11,12). The van der Waals surface area contributed by atoms with E-state index < -0.39 is 0 Å². The number of aromatic nitrogens is 4.